The normalized spacial score (nSPS) is 11.0. The molecule has 0 radical (unpaired) electrons. The van der Waals surface area contributed by atoms with Crippen molar-refractivity contribution in [3.05, 3.63) is 22.7 Å². The van der Waals surface area contributed by atoms with Gasteiger partial charge in [-0.1, -0.05) is 15.9 Å². The Hall–Kier alpha value is -1.12. The largest absolute Gasteiger partial charge is 0.495 e. The Morgan fingerprint density at radius 1 is 1.41 bits per heavy atom. The molecule has 0 saturated carbocycles. The first-order valence-electron chi connectivity index (χ1n) is 4.49. The molecule has 0 unspecified atom stereocenters. The van der Waals surface area contributed by atoms with Crippen molar-refractivity contribution in [1.29, 1.82) is 0 Å². The standard InChI is InChI=1S/C9H11BrN2O4S/c1-6(13)11-12-17(14,15)9-5-7(10)3-4-8(9)16-2/h3-5,12H,1-2H3,(H,11,13). The maximum absolute atomic E-state index is 11.8. The number of nitrogens with one attached hydrogen (secondary N) is 2. The quantitative estimate of drug-likeness (QED) is 0.802. The molecule has 0 spiro atoms. The minimum absolute atomic E-state index is 0.0666. The van der Waals surface area contributed by atoms with Gasteiger partial charge in [-0.3, -0.25) is 10.2 Å². The molecule has 94 valence electrons. The summed E-state index contributed by atoms with van der Waals surface area (Å²) in [5, 5.41) is 0. The molecule has 2 N–H and O–H groups in total. The number of hydrogen-bond donors (Lipinski definition) is 2. The van der Waals surface area contributed by atoms with Gasteiger partial charge in [0.25, 0.3) is 10.0 Å². The summed E-state index contributed by atoms with van der Waals surface area (Å²) in [5.41, 5.74) is 2.01. The lowest BCUT2D eigenvalue weighted by Gasteiger charge is -2.10. The van der Waals surface area contributed by atoms with Crippen molar-refractivity contribution >= 4 is 31.9 Å². The van der Waals surface area contributed by atoms with Gasteiger partial charge in [0.1, 0.15) is 10.6 Å². The number of amides is 1. The van der Waals surface area contributed by atoms with Crippen molar-refractivity contribution in [3.63, 3.8) is 0 Å². The summed E-state index contributed by atoms with van der Waals surface area (Å²) in [6.07, 6.45) is 0. The third-order valence-corrected chi connectivity index (χ3v) is 3.54. The SMILES string of the molecule is COc1ccc(Br)cc1S(=O)(=O)NNC(C)=O. The highest BCUT2D eigenvalue weighted by molar-refractivity contribution is 9.10. The number of hydrogen-bond acceptors (Lipinski definition) is 4. The van der Waals surface area contributed by atoms with Gasteiger partial charge in [0.15, 0.2) is 0 Å². The second-order valence-electron chi connectivity index (χ2n) is 3.08. The fourth-order valence-corrected chi connectivity index (χ4v) is 2.65. The van der Waals surface area contributed by atoms with Gasteiger partial charge in [-0.15, -0.1) is 4.83 Å². The topological polar surface area (TPSA) is 84.5 Å². The zero-order valence-electron chi connectivity index (χ0n) is 9.15. The van der Waals surface area contributed by atoms with Crippen molar-refractivity contribution in [3.8, 4) is 5.75 Å². The van der Waals surface area contributed by atoms with E-state index in [4.69, 9.17) is 4.74 Å². The Labute approximate surface area is 107 Å². The van der Waals surface area contributed by atoms with Crippen LogP contribution in [0.5, 0.6) is 5.75 Å². The van der Waals surface area contributed by atoms with Crippen LogP contribution in [0.4, 0.5) is 0 Å². The van der Waals surface area contributed by atoms with Crippen molar-refractivity contribution in [1.82, 2.24) is 10.3 Å². The Balaban J connectivity index is 3.13. The smallest absolute Gasteiger partial charge is 0.261 e. The number of carbonyl (C=O) groups excluding carboxylic acids is 1. The van der Waals surface area contributed by atoms with E-state index in [1.54, 1.807) is 6.07 Å². The van der Waals surface area contributed by atoms with Gasteiger partial charge in [0.05, 0.1) is 7.11 Å². The molecule has 0 saturated heterocycles. The van der Waals surface area contributed by atoms with Gasteiger partial charge in [0.2, 0.25) is 5.91 Å². The molecule has 1 aromatic rings. The summed E-state index contributed by atoms with van der Waals surface area (Å²) in [6.45, 7) is 1.20. The molecule has 0 fully saturated rings. The predicted octanol–water partition coefficient (Wildman–Crippen LogP) is 0.787. The average Bonchev–Trinajstić information content (AvgIpc) is 2.26. The van der Waals surface area contributed by atoms with E-state index >= 15 is 0 Å². The molecule has 1 rings (SSSR count). The van der Waals surface area contributed by atoms with E-state index in [0.29, 0.717) is 4.47 Å². The van der Waals surface area contributed by atoms with Gasteiger partial charge < -0.3 is 4.74 Å². The van der Waals surface area contributed by atoms with E-state index in [1.165, 1.54) is 26.2 Å². The van der Waals surface area contributed by atoms with E-state index in [2.05, 4.69) is 15.9 Å². The average molecular weight is 323 g/mol. The first-order chi connectivity index (χ1) is 7.86. The predicted molar refractivity (Wildman–Crippen MR) is 64.8 cm³/mol. The van der Waals surface area contributed by atoms with Crippen LogP contribution in [0.25, 0.3) is 0 Å². The van der Waals surface area contributed by atoms with Crippen LogP contribution in [-0.2, 0) is 14.8 Å². The number of hydrazine groups is 1. The lowest BCUT2D eigenvalue weighted by atomic mass is 10.3. The first-order valence-corrected chi connectivity index (χ1v) is 6.76. The van der Waals surface area contributed by atoms with E-state index in [-0.39, 0.29) is 10.6 Å². The van der Waals surface area contributed by atoms with E-state index in [1.807, 2.05) is 10.3 Å². The summed E-state index contributed by atoms with van der Waals surface area (Å²) < 4.78 is 29.2. The van der Waals surface area contributed by atoms with Crippen molar-refractivity contribution in [2.24, 2.45) is 0 Å². The van der Waals surface area contributed by atoms with Crippen LogP contribution in [0.15, 0.2) is 27.6 Å². The maximum atomic E-state index is 11.8. The second kappa shape index (κ2) is 5.48. The van der Waals surface area contributed by atoms with Gasteiger partial charge in [-0.05, 0) is 18.2 Å². The second-order valence-corrected chi connectivity index (χ2v) is 5.65. The Kier molecular flexibility index (Phi) is 4.49. The summed E-state index contributed by atoms with van der Waals surface area (Å²) in [7, 11) is -2.50. The summed E-state index contributed by atoms with van der Waals surface area (Å²) >= 11 is 3.16. The zero-order valence-corrected chi connectivity index (χ0v) is 11.6. The molecular weight excluding hydrogens is 312 g/mol. The molecule has 0 aliphatic carbocycles. The Morgan fingerprint density at radius 3 is 2.59 bits per heavy atom. The van der Waals surface area contributed by atoms with Crippen LogP contribution in [0, 0.1) is 0 Å². The summed E-state index contributed by atoms with van der Waals surface area (Å²) in [6, 6.07) is 4.53. The highest BCUT2D eigenvalue weighted by Gasteiger charge is 2.19. The molecule has 0 heterocycles. The number of benzene rings is 1. The van der Waals surface area contributed by atoms with Gasteiger partial charge in [-0.25, -0.2) is 8.42 Å². The fourth-order valence-electron chi connectivity index (χ4n) is 1.05. The summed E-state index contributed by atoms with van der Waals surface area (Å²) in [4.78, 5) is 12.5. The van der Waals surface area contributed by atoms with E-state index < -0.39 is 15.9 Å². The number of methoxy groups -OCH3 is 1. The maximum Gasteiger partial charge on any atom is 0.261 e. The molecule has 17 heavy (non-hydrogen) atoms. The van der Waals surface area contributed by atoms with Crippen LogP contribution in [0.3, 0.4) is 0 Å². The molecule has 0 aliphatic heterocycles. The van der Waals surface area contributed by atoms with Crippen LogP contribution in [0.1, 0.15) is 6.92 Å². The van der Waals surface area contributed by atoms with Crippen LogP contribution in [0.2, 0.25) is 0 Å². The van der Waals surface area contributed by atoms with Gasteiger partial charge in [0, 0.05) is 11.4 Å². The molecule has 0 aromatic heterocycles. The minimum atomic E-state index is -3.86. The minimum Gasteiger partial charge on any atom is -0.495 e. The number of rotatable bonds is 4. The van der Waals surface area contributed by atoms with Crippen LogP contribution < -0.4 is 15.0 Å². The lowest BCUT2D eigenvalue weighted by molar-refractivity contribution is -0.119. The van der Waals surface area contributed by atoms with Crippen molar-refractivity contribution in [2.75, 3.05) is 7.11 Å². The molecule has 6 nitrogen and oxygen atoms in total. The van der Waals surface area contributed by atoms with Gasteiger partial charge >= 0.3 is 0 Å². The number of sulfonamides is 1. The van der Waals surface area contributed by atoms with Crippen molar-refractivity contribution < 1.29 is 17.9 Å². The fraction of sp³-hybridized carbons (Fsp3) is 0.222. The molecule has 1 aromatic carbocycles. The Morgan fingerprint density at radius 2 is 2.06 bits per heavy atom. The third-order valence-electron chi connectivity index (χ3n) is 1.78. The number of ether oxygens (including phenoxy) is 1. The lowest BCUT2D eigenvalue weighted by Crippen LogP contribution is -2.40. The molecule has 0 atom stereocenters. The monoisotopic (exact) mass is 322 g/mol. The van der Waals surface area contributed by atoms with E-state index in [9.17, 15) is 13.2 Å². The molecule has 8 heteroatoms. The molecule has 1 amide bonds. The summed E-state index contributed by atoms with van der Waals surface area (Å²) in [5.74, 6) is -0.325. The Bertz CT molecular complexity index is 530. The van der Waals surface area contributed by atoms with Gasteiger partial charge in [-0.2, -0.15) is 0 Å². The van der Waals surface area contributed by atoms with Crippen LogP contribution in [-0.4, -0.2) is 21.4 Å². The highest BCUT2D eigenvalue weighted by Crippen LogP contribution is 2.26. The third kappa shape index (κ3) is 3.69. The molecule has 0 aliphatic rings. The molecular formula is C9H11BrN2O4S. The highest BCUT2D eigenvalue weighted by atomic mass is 79.9. The molecule has 0 bridgehead atoms. The number of carbonyl (C=O) groups is 1. The van der Waals surface area contributed by atoms with Crippen molar-refractivity contribution in [2.45, 2.75) is 11.8 Å². The zero-order chi connectivity index (χ0) is 13.1. The number of halogens is 1. The first kappa shape index (κ1) is 13.9. The van der Waals surface area contributed by atoms with Crippen LogP contribution >= 0.6 is 15.9 Å². The van der Waals surface area contributed by atoms with E-state index in [0.717, 1.165) is 0 Å².